The first kappa shape index (κ1) is 15.7. The number of nitrogens with one attached hydrogen (secondary N) is 1. The van der Waals surface area contributed by atoms with Gasteiger partial charge >= 0.3 is 0 Å². The smallest absolute Gasteiger partial charge is 0.00729 e. The molecule has 1 aliphatic heterocycles. The summed E-state index contributed by atoms with van der Waals surface area (Å²) in [5.74, 6) is 3.46. The van der Waals surface area contributed by atoms with Crippen LogP contribution in [0.5, 0.6) is 0 Å². The Balaban J connectivity index is 1.85. The predicted octanol–water partition coefficient (Wildman–Crippen LogP) is 3.23. The lowest BCUT2D eigenvalue weighted by Gasteiger charge is -2.42. The summed E-state index contributed by atoms with van der Waals surface area (Å²) in [6.45, 7) is 11.0. The summed E-state index contributed by atoms with van der Waals surface area (Å²) in [7, 11) is 0. The molecule has 0 aromatic carbocycles. The van der Waals surface area contributed by atoms with Crippen LogP contribution >= 0.6 is 11.8 Å². The fourth-order valence-corrected chi connectivity index (χ4v) is 4.53. The van der Waals surface area contributed by atoms with E-state index < -0.39 is 0 Å². The zero-order chi connectivity index (χ0) is 13.6. The second-order valence-corrected chi connectivity index (χ2v) is 8.20. The third kappa shape index (κ3) is 5.28. The molecule has 1 N–H and O–H groups in total. The summed E-state index contributed by atoms with van der Waals surface area (Å²) < 4.78 is 0. The normalized spacial score (nSPS) is 24.8. The number of nitrogens with zero attached hydrogens (tertiary/aromatic N) is 1. The van der Waals surface area contributed by atoms with Crippen LogP contribution in [0, 0.1) is 11.3 Å². The molecule has 1 heterocycles. The zero-order valence-corrected chi connectivity index (χ0v) is 13.7. The lowest BCUT2D eigenvalue weighted by Crippen LogP contribution is -2.48. The van der Waals surface area contributed by atoms with Crippen LogP contribution in [-0.2, 0) is 0 Å². The monoisotopic (exact) mass is 284 g/mol. The molecule has 2 fully saturated rings. The molecule has 0 unspecified atom stereocenters. The van der Waals surface area contributed by atoms with Crippen LogP contribution in [0.2, 0.25) is 0 Å². The molecule has 3 heteroatoms. The maximum atomic E-state index is 3.75. The summed E-state index contributed by atoms with van der Waals surface area (Å²) in [4.78, 5) is 2.73. The second-order valence-electron chi connectivity index (χ2n) is 6.97. The minimum Gasteiger partial charge on any atom is -0.316 e. The molecule has 0 bridgehead atoms. The second kappa shape index (κ2) is 7.90. The lowest BCUT2D eigenvalue weighted by molar-refractivity contribution is 0.107. The Morgan fingerprint density at radius 3 is 2.42 bits per heavy atom. The topological polar surface area (TPSA) is 15.3 Å². The van der Waals surface area contributed by atoms with Gasteiger partial charge in [0.2, 0.25) is 0 Å². The number of rotatable bonds is 6. The molecule has 2 nitrogen and oxygen atoms in total. The molecule has 1 aliphatic carbocycles. The van der Waals surface area contributed by atoms with Gasteiger partial charge in [0.15, 0.2) is 0 Å². The molecule has 0 spiro atoms. The fourth-order valence-electron chi connectivity index (χ4n) is 3.55. The van der Waals surface area contributed by atoms with Crippen molar-refractivity contribution in [2.45, 2.75) is 46.0 Å². The number of thioether (sulfide) groups is 1. The van der Waals surface area contributed by atoms with Crippen molar-refractivity contribution in [1.82, 2.24) is 10.2 Å². The Kier molecular flexibility index (Phi) is 6.51. The van der Waals surface area contributed by atoms with Crippen LogP contribution in [0.15, 0.2) is 0 Å². The molecule has 1 saturated heterocycles. The van der Waals surface area contributed by atoms with E-state index in [1.54, 1.807) is 0 Å². The Morgan fingerprint density at radius 1 is 1.11 bits per heavy atom. The van der Waals surface area contributed by atoms with E-state index in [4.69, 9.17) is 0 Å². The van der Waals surface area contributed by atoms with Crippen molar-refractivity contribution in [2.24, 2.45) is 11.3 Å². The van der Waals surface area contributed by atoms with Gasteiger partial charge in [0.1, 0.15) is 0 Å². The molecule has 0 atom stereocenters. The third-order valence-corrected chi connectivity index (χ3v) is 5.57. The van der Waals surface area contributed by atoms with Crippen molar-refractivity contribution in [2.75, 3.05) is 44.2 Å². The van der Waals surface area contributed by atoms with Crippen molar-refractivity contribution in [3.05, 3.63) is 0 Å². The van der Waals surface area contributed by atoms with Gasteiger partial charge in [-0.25, -0.2) is 0 Å². The summed E-state index contributed by atoms with van der Waals surface area (Å²) in [6.07, 6.45) is 7.25. The minimum atomic E-state index is 0.579. The maximum absolute atomic E-state index is 3.75. The van der Waals surface area contributed by atoms with Gasteiger partial charge in [-0.2, -0.15) is 11.8 Å². The third-order valence-electron chi connectivity index (χ3n) is 4.63. The molecular weight excluding hydrogens is 252 g/mol. The zero-order valence-electron chi connectivity index (χ0n) is 12.9. The van der Waals surface area contributed by atoms with Crippen LogP contribution in [0.4, 0.5) is 0 Å². The van der Waals surface area contributed by atoms with E-state index in [1.807, 2.05) is 0 Å². The van der Waals surface area contributed by atoms with Crippen molar-refractivity contribution < 1.29 is 0 Å². The largest absolute Gasteiger partial charge is 0.316 e. The Hall–Kier alpha value is 0.270. The predicted molar refractivity (Wildman–Crippen MR) is 87.0 cm³/mol. The van der Waals surface area contributed by atoms with E-state index in [0.29, 0.717) is 5.41 Å². The molecule has 0 radical (unpaired) electrons. The van der Waals surface area contributed by atoms with Crippen molar-refractivity contribution in [3.63, 3.8) is 0 Å². The average Bonchev–Trinajstić information content (AvgIpc) is 2.40. The van der Waals surface area contributed by atoms with Crippen LogP contribution < -0.4 is 5.32 Å². The maximum Gasteiger partial charge on any atom is 0.00729 e. The Morgan fingerprint density at radius 2 is 1.79 bits per heavy atom. The molecule has 0 amide bonds. The van der Waals surface area contributed by atoms with Crippen molar-refractivity contribution >= 4 is 11.8 Å². The first-order valence-electron chi connectivity index (χ1n) is 8.21. The molecule has 2 rings (SSSR count). The van der Waals surface area contributed by atoms with Gasteiger partial charge in [-0.15, -0.1) is 0 Å². The van der Waals surface area contributed by atoms with E-state index in [0.717, 1.165) is 5.92 Å². The molecular formula is C16H32N2S. The van der Waals surface area contributed by atoms with Crippen molar-refractivity contribution in [1.29, 1.82) is 0 Å². The first-order valence-corrected chi connectivity index (χ1v) is 9.37. The lowest BCUT2D eigenvalue weighted by atomic mass is 9.73. The summed E-state index contributed by atoms with van der Waals surface area (Å²) >= 11 is 2.12. The van der Waals surface area contributed by atoms with E-state index in [2.05, 4.69) is 35.8 Å². The van der Waals surface area contributed by atoms with E-state index in [1.165, 1.54) is 76.3 Å². The summed E-state index contributed by atoms with van der Waals surface area (Å²) in [6, 6.07) is 0. The summed E-state index contributed by atoms with van der Waals surface area (Å²) in [5.41, 5.74) is 0.579. The SMILES string of the molecule is CC(C)CNCC1(CN2CCSCC2)CCCCC1. The van der Waals surface area contributed by atoms with Gasteiger partial charge in [-0.1, -0.05) is 33.1 Å². The highest BCUT2D eigenvalue weighted by molar-refractivity contribution is 7.99. The van der Waals surface area contributed by atoms with Gasteiger partial charge in [0.25, 0.3) is 0 Å². The number of hydrogen-bond acceptors (Lipinski definition) is 3. The molecule has 112 valence electrons. The van der Waals surface area contributed by atoms with E-state index >= 15 is 0 Å². The standard InChI is InChI=1S/C16H32N2S/c1-15(2)12-17-13-16(6-4-3-5-7-16)14-18-8-10-19-11-9-18/h15,17H,3-14H2,1-2H3. The quantitative estimate of drug-likeness (QED) is 0.806. The Labute approximate surface area is 124 Å². The van der Waals surface area contributed by atoms with E-state index in [-0.39, 0.29) is 0 Å². The summed E-state index contributed by atoms with van der Waals surface area (Å²) in [5, 5.41) is 3.75. The van der Waals surface area contributed by atoms with Gasteiger partial charge in [-0.05, 0) is 30.7 Å². The van der Waals surface area contributed by atoms with Gasteiger partial charge in [0, 0.05) is 37.7 Å². The minimum absolute atomic E-state index is 0.579. The van der Waals surface area contributed by atoms with Crippen molar-refractivity contribution in [3.8, 4) is 0 Å². The molecule has 0 aromatic rings. The van der Waals surface area contributed by atoms with Crippen LogP contribution in [0.1, 0.15) is 46.0 Å². The molecule has 19 heavy (non-hydrogen) atoms. The average molecular weight is 285 g/mol. The van der Waals surface area contributed by atoms with Crippen LogP contribution in [0.3, 0.4) is 0 Å². The fraction of sp³-hybridized carbons (Fsp3) is 1.00. The van der Waals surface area contributed by atoms with Crippen LogP contribution in [0.25, 0.3) is 0 Å². The van der Waals surface area contributed by atoms with Gasteiger partial charge in [-0.3, -0.25) is 0 Å². The molecule has 2 aliphatic rings. The Bertz CT molecular complexity index is 243. The number of hydrogen-bond donors (Lipinski definition) is 1. The highest BCUT2D eigenvalue weighted by Crippen LogP contribution is 2.37. The molecule has 0 aromatic heterocycles. The molecule has 1 saturated carbocycles. The van der Waals surface area contributed by atoms with Crippen LogP contribution in [-0.4, -0.2) is 49.1 Å². The van der Waals surface area contributed by atoms with E-state index in [9.17, 15) is 0 Å². The van der Waals surface area contributed by atoms with Gasteiger partial charge < -0.3 is 10.2 Å². The first-order chi connectivity index (χ1) is 9.20. The highest BCUT2D eigenvalue weighted by atomic mass is 32.2. The van der Waals surface area contributed by atoms with Gasteiger partial charge in [0.05, 0.1) is 0 Å². The highest BCUT2D eigenvalue weighted by Gasteiger charge is 2.33.